The lowest BCUT2D eigenvalue weighted by molar-refractivity contribution is -0.143. The number of alkyl halides is 1. The molecule has 15 heavy (non-hydrogen) atoms. The Bertz CT molecular complexity index is 237. The molecule has 0 bridgehead atoms. The van der Waals surface area contributed by atoms with Gasteiger partial charge in [0.15, 0.2) is 6.07 Å². The third-order valence-electron chi connectivity index (χ3n) is 1.28. The van der Waals surface area contributed by atoms with Crippen molar-refractivity contribution in [1.82, 2.24) is 5.32 Å². The van der Waals surface area contributed by atoms with E-state index in [0.29, 0.717) is 0 Å². The Kier molecular flexibility index (Phi) is 5.43. The molecule has 88 valence electrons. The first-order valence-electron chi connectivity index (χ1n) is 4.48. The minimum atomic E-state index is -0.779. The van der Waals surface area contributed by atoms with Gasteiger partial charge in [0.2, 0.25) is 0 Å². The Hall–Kier alpha value is -0.970. The van der Waals surface area contributed by atoms with Crippen LogP contribution in [0.4, 0.5) is 4.79 Å². The van der Waals surface area contributed by atoms with Crippen LogP contribution in [0.15, 0.2) is 0 Å². The van der Waals surface area contributed by atoms with Crippen LogP contribution in [-0.4, -0.2) is 29.8 Å². The summed E-state index contributed by atoms with van der Waals surface area (Å²) in [5.74, 6) is -0.601. The number of carbonyl (C=O) groups is 2. The van der Waals surface area contributed by atoms with E-state index in [1.165, 1.54) is 6.92 Å². The second-order valence-electron chi connectivity index (χ2n) is 3.94. The Morgan fingerprint density at radius 1 is 1.40 bits per heavy atom. The SMILES string of the molecule is C[C@H](NC(=O)OC(C)(C)C)C(=O)OCCl. The molecular formula is C9H16ClNO4. The largest absolute Gasteiger partial charge is 0.448 e. The number of carbonyl (C=O) groups excluding carboxylic acids is 2. The lowest BCUT2D eigenvalue weighted by Gasteiger charge is -2.21. The maximum absolute atomic E-state index is 11.2. The third kappa shape index (κ3) is 7.02. The molecule has 1 amide bonds. The van der Waals surface area contributed by atoms with Crippen LogP contribution < -0.4 is 5.32 Å². The molecule has 0 rings (SSSR count). The maximum Gasteiger partial charge on any atom is 0.408 e. The lowest BCUT2D eigenvalue weighted by Crippen LogP contribution is -2.42. The predicted octanol–water partition coefficient (Wildman–Crippen LogP) is 1.64. The fourth-order valence-corrected chi connectivity index (χ4v) is 0.830. The first kappa shape index (κ1) is 14.0. The van der Waals surface area contributed by atoms with E-state index in [9.17, 15) is 9.59 Å². The number of rotatable bonds is 3. The van der Waals surface area contributed by atoms with Gasteiger partial charge in [0.1, 0.15) is 11.6 Å². The van der Waals surface area contributed by atoms with Crippen molar-refractivity contribution in [2.24, 2.45) is 0 Å². The van der Waals surface area contributed by atoms with E-state index in [-0.39, 0.29) is 6.07 Å². The van der Waals surface area contributed by atoms with Crippen LogP contribution in [0.25, 0.3) is 0 Å². The molecular weight excluding hydrogens is 222 g/mol. The average Bonchev–Trinajstić information content (AvgIpc) is 2.00. The van der Waals surface area contributed by atoms with E-state index in [1.807, 2.05) is 0 Å². The molecule has 0 radical (unpaired) electrons. The van der Waals surface area contributed by atoms with Crippen LogP contribution in [0, 0.1) is 0 Å². The Morgan fingerprint density at radius 3 is 2.33 bits per heavy atom. The van der Waals surface area contributed by atoms with Gasteiger partial charge in [-0.2, -0.15) is 0 Å². The summed E-state index contributed by atoms with van der Waals surface area (Å²) in [6.45, 7) is 6.68. The summed E-state index contributed by atoms with van der Waals surface area (Å²) < 4.78 is 9.44. The van der Waals surface area contributed by atoms with E-state index < -0.39 is 23.7 Å². The van der Waals surface area contributed by atoms with E-state index in [0.717, 1.165) is 0 Å². The van der Waals surface area contributed by atoms with Crippen LogP contribution in [0.2, 0.25) is 0 Å². The minimum Gasteiger partial charge on any atom is -0.448 e. The molecule has 1 N–H and O–H groups in total. The van der Waals surface area contributed by atoms with Gasteiger partial charge in [0.25, 0.3) is 0 Å². The van der Waals surface area contributed by atoms with E-state index in [4.69, 9.17) is 16.3 Å². The van der Waals surface area contributed by atoms with Crippen LogP contribution in [0.1, 0.15) is 27.7 Å². The van der Waals surface area contributed by atoms with Crippen molar-refractivity contribution in [3.8, 4) is 0 Å². The summed E-state index contributed by atoms with van der Waals surface area (Å²) in [7, 11) is 0. The number of hydrogen-bond acceptors (Lipinski definition) is 4. The molecule has 0 aromatic heterocycles. The molecule has 0 aromatic carbocycles. The summed E-state index contributed by atoms with van der Waals surface area (Å²) in [6, 6.07) is -1.02. The fourth-order valence-electron chi connectivity index (χ4n) is 0.722. The number of ether oxygens (including phenoxy) is 2. The van der Waals surface area contributed by atoms with Gasteiger partial charge in [0.05, 0.1) is 0 Å². The predicted molar refractivity (Wildman–Crippen MR) is 55.6 cm³/mol. The topological polar surface area (TPSA) is 64.6 Å². The summed E-state index contributed by atoms with van der Waals surface area (Å²) in [4.78, 5) is 22.3. The summed E-state index contributed by atoms with van der Waals surface area (Å²) in [6.07, 6.45) is -0.665. The molecule has 0 saturated heterocycles. The first-order chi connectivity index (χ1) is 6.76. The Labute approximate surface area is 94.1 Å². The van der Waals surface area contributed by atoms with E-state index in [2.05, 4.69) is 10.1 Å². The van der Waals surface area contributed by atoms with Crippen molar-refractivity contribution in [2.75, 3.05) is 6.07 Å². The fraction of sp³-hybridized carbons (Fsp3) is 0.778. The number of alkyl carbamates (subject to hydrolysis) is 1. The zero-order chi connectivity index (χ0) is 12.1. The second kappa shape index (κ2) is 5.80. The van der Waals surface area contributed by atoms with Gasteiger partial charge >= 0.3 is 12.1 Å². The molecule has 0 unspecified atom stereocenters. The minimum absolute atomic E-state index is 0.237. The van der Waals surface area contributed by atoms with Gasteiger partial charge in [0, 0.05) is 0 Å². The monoisotopic (exact) mass is 237 g/mol. The molecule has 1 atom stereocenters. The third-order valence-corrected chi connectivity index (χ3v) is 1.39. The van der Waals surface area contributed by atoms with Gasteiger partial charge in [-0.25, -0.2) is 9.59 Å². The number of nitrogens with one attached hydrogen (secondary N) is 1. The highest BCUT2D eigenvalue weighted by molar-refractivity contribution is 6.17. The van der Waals surface area contributed by atoms with Gasteiger partial charge < -0.3 is 14.8 Å². The first-order valence-corrected chi connectivity index (χ1v) is 5.02. The number of halogens is 1. The number of amides is 1. The van der Waals surface area contributed by atoms with Gasteiger partial charge in [-0.3, -0.25) is 0 Å². The number of esters is 1. The van der Waals surface area contributed by atoms with Crippen LogP contribution in [0.5, 0.6) is 0 Å². The molecule has 6 heteroatoms. The molecule has 0 aromatic rings. The van der Waals surface area contributed by atoms with Crippen LogP contribution in [-0.2, 0) is 14.3 Å². The summed E-state index contributed by atoms with van der Waals surface area (Å²) >= 11 is 5.20. The maximum atomic E-state index is 11.2. The van der Waals surface area contributed by atoms with Crippen LogP contribution in [0.3, 0.4) is 0 Å². The van der Waals surface area contributed by atoms with Crippen molar-refractivity contribution >= 4 is 23.7 Å². The number of hydrogen-bond donors (Lipinski definition) is 1. The van der Waals surface area contributed by atoms with Gasteiger partial charge in [-0.1, -0.05) is 11.6 Å². The molecule has 5 nitrogen and oxygen atoms in total. The van der Waals surface area contributed by atoms with Crippen LogP contribution >= 0.6 is 11.6 Å². The highest BCUT2D eigenvalue weighted by Gasteiger charge is 2.21. The molecule has 0 aliphatic rings. The molecule has 0 fully saturated rings. The highest BCUT2D eigenvalue weighted by Crippen LogP contribution is 2.06. The molecule has 0 aliphatic carbocycles. The standard InChI is InChI=1S/C9H16ClNO4/c1-6(7(12)14-5-10)11-8(13)15-9(2,3)4/h6H,5H2,1-4H3,(H,11,13)/t6-/m0/s1. The van der Waals surface area contributed by atoms with Crippen molar-refractivity contribution in [1.29, 1.82) is 0 Å². The average molecular weight is 238 g/mol. The summed E-state index contributed by atoms with van der Waals surface area (Å²) in [5, 5.41) is 2.33. The van der Waals surface area contributed by atoms with Crippen molar-refractivity contribution < 1.29 is 19.1 Å². The van der Waals surface area contributed by atoms with E-state index >= 15 is 0 Å². The van der Waals surface area contributed by atoms with Crippen molar-refractivity contribution in [3.63, 3.8) is 0 Å². The smallest absolute Gasteiger partial charge is 0.408 e. The molecule has 0 spiro atoms. The molecule has 0 aliphatic heterocycles. The zero-order valence-electron chi connectivity index (χ0n) is 9.30. The van der Waals surface area contributed by atoms with Crippen molar-refractivity contribution in [3.05, 3.63) is 0 Å². The van der Waals surface area contributed by atoms with Gasteiger partial charge in [-0.05, 0) is 27.7 Å². The normalized spacial score (nSPS) is 12.9. The molecule has 0 heterocycles. The van der Waals surface area contributed by atoms with Gasteiger partial charge in [-0.15, -0.1) is 0 Å². The lowest BCUT2D eigenvalue weighted by atomic mass is 10.2. The Morgan fingerprint density at radius 2 is 1.93 bits per heavy atom. The van der Waals surface area contributed by atoms with Crippen molar-refractivity contribution in [2.45, 2.75) is 39.3 Å². The Balaban J connectivity index is 4.02. The quantitative estimate of drug-likeness (QED) is 0.599. The second-order valence-corrected chi connectivity index (χ2v) is 4.16. The van der Waals surface area contributed by atoms with E-state index in [1.54, 1.807) is 20.8 Å². The highest BCUT2D eigenvalue weighted by atomic mass is 35.5. The summed E-state index contributed by atoms with van der Waals surface area (Å²) in [5.41, 5.74) is -0.597. The molecule has 0 saturated carbocycles. The zero-order valence-corrected chi connectivity index (χ0v) is 10.1.